The molecule has 0 radical (unpaired) electrons. The van der Waals surface area contributed by atoms with Gasteiger partial charge in [0.2, 0.25) is 0 Å². The molecule has 0 aromatic heterocycles. The average molecular weight is 306 g/mol. The zero-order valence-corrected chi connectivity index (χ0v) is 11.7. The Balaban J connectivity index is 2.07. The Kier molecular flexibility index (Phi) is 4.46. The van der Waals surface area contributed by atoms with Gasteiger partial charge in [-0.25, -0.2) is 4.79 Å². The minimum absolute atomic E-state index is 0.349. The highest BCUT2D eigenvalue weighted by Gasteiger charge is 2.09. The molecule has 6 heteroatoms. The normalized spacial score (nSPS) is 9.65. The molecule has 100 valence electrons. The molecule has 4 nitrogen and oxygen atoms in total. The molecule has 20 heavy (non-hydrogen) atoms. The van der Waals surface area contributed by atoms with Crippen LogP contribution in [0.25, 0.3) is 0 Å². The topological polar surface area (TPSA) is 64.9 Å². The highest BCUT2D eigenvalue weighted by atomic mass is 35.5. The Morgan fingerprint density at radius 2 is 1.60 bits per heavy atom. The summed E-state index contributed by atoms with van der Waals surface area (Å²) in [6.45, 7) is 0. The Labute approximate surface area is 125 Å². The van der Waals surface area contributed by atoms with Crippen LogP contribution in [0.3, 0.4) is 0 Å². The highest BCUT2D eigenvalue weighted by Crippen LogP contribution is 2.29. The van der Waals surface area contributed by atoms with Crippen molar-refractivity contribution in [3.05, 3.63) is 58.1 Å². The molecule has 0 saturated carbocycles. The lowest BCUT2D eigenvalue weighted by Crippen LogP contribution is -2.19. The number of nitrogens with zero attached hydrogens (tertiary/aromatic N) is 1. The second-order valence-electron chi connectivity index (χ2n) is 3.86. The summed E-state index contributed by atoms with van der Waals surface area (Å²) in [4.78, 5) is 11.8. The quantitative estimate of drug-likeness (QED) is 0.857. The Morgan fingerprint density at radius 1 is 1.00 bits per heavy atom. The summed E-state index contributed by atoms with van der Waals surface area (Å²) < 4.78 is 0. The van der Waals surface area contributed by atoms with E-state index in [0.29, 0.717) is 27.0 Å². The van der Waals surface area contributed by atoms with Crippen LogP contribution in [0.4, 0.5) is 16.2 Å². The Hall–Kier alpha value is -2.22. The highest BCUT2D eigenvalue weighted by molar-refractivity contribution is 6.39. The van der Waals surface area contributed by atoms with E-state index in [2.05, 4.69) is 10.6 Å². The average Bonchev–Trinajstić information content (AvgIpc) is 2.44. The molecule has 0 aliphatic heterocycles. The first kappa shape index (κ1) is 14.2. The van der Waals surface area contributed by atoms with Crippen molar-refractivity contribution in [2.24, 2.45) is 0 Å². The lowest BCUT2D eigenvalue weighted by molar-refractivity contribution is 0.262. The fourth-order valence-corrected chi connectivity index (χ4v) is 2.01. The molecule has 0 heterocycles. The van der Waals surface area contributed by atoms with Gasteiger partial charge in [-0.1, -0.05) is 29.3 Å². The van der Waals surface area contributed by atoms with E-state index in [0.717, 1.165) is 0 Å². The second kappa shape index (κ2) is 6.29. The van der Waals surface area contributed by atoms with Crippen molar-refractivity contribution in [2.75, 3.05) is 10.6 Å². The summed E-state index contributed by atoms with van der Waals surface area (Å²) in [7, 11) is 0. The number of hydrogen-bond donors (Lipinski definition) is 2. The van der Waals surface area contributed by atoms with Crippen LogP contribution in [0.1, 0.15) is 5.56 Å². The smallest absolute Gasteiger partial charge is 0.308 e. The molecule has 2 rings (SSSR count). The zero-order valence-electron chi connectivity index (χ0n) is 10.2. The molecular weight excluding hydrogens is 297 g/mol. The molecule has 2 aromatic rings. The van der Waals surface area contributed by atoms with Crippen LogP contribution < -0.4 is 10.6 Å². The molecule has 0 fully saturated rings. The van der Waals surface area contributed by atoms with Gasteiger partial charge in [-0.3, -0.25) is 0 Å². The van der Waals surface area contributed by atoms with E-state index in [-0.39, 0.29) is 0 Å². The SMILES string of the molecule is N#Cc1ccc(NC(=O)Nc2c(Cl)cccc2Cl)cc1. The molecule has 0 spiro atoms. The van der Waals surface area contributed by atoms with Gasteiger partial charge < -0.3 is 10.6 Å². The third-order valence-corrected chi connectivity index (χ3v) is 3.10. The first-order valence-electron chi connectivity index (χ1n) is 5.62. The number of hydrogen-bond acceptors (Lipinski definition) is 2. The van der Waals surface area contributed by atoms with E-state index >= 15 is 0 Å². The van der Waals surface area contributed by atoms with Crippen molar-refractivity contribution in [2.45, 2.75) is 0 Å². The van der Waals surface area contributed by atoms with E-state index in [4.69, 9.17) is 28.5 Å². The third kappa shape index (κ3) is 3.41. The van der Waals surface area contributed by atoms with Crippen molar-refractivity contribution in [1.29, 1.82) is 5.26 Å². The van der Waals surface area contributed by atoms with Crippen LogP contribution in [0.2, 0.25) is 10.0 Å². The second-order valence-corrected chi connectivity index (χ2v) is 4.68. The van der Waals surface area contributed by atoms with E-state index in [1.165, 1.54) is 0 Å². The summed E-state index contributed by atoms with van der Waals surface area (Å²) in [5.41, 5.74) is 1.43. The molecular formula is C14H9Cl2N3O. The van der Waals surface area contributed by atoms with Crippen LogP contribution in [0.15, 0.2) is 42.5 Å². The van der Waals surface area contributed by atoms with Crippen molar-refractivity contribution >= 4 is 40.6 Å². The lowest BCUT2D eigenvalue weighted by atomic mass is 10.2. The first-order valence-corrected chi connectivity index (χ1v) is 6.38. The summed E-state index contributed by atoms with van der Waals surface area (Å²) in [5, 5.41) is 14.6. The number of nitriles is 1. The maximum atomic E-state index is 11.8. The van der Waals surface area contributed by atoms with Gasteiger partial charge in [0.25, 0.3) is 0 Å². The monoisotopic (exact) mass is 305 g/mol. The number of rotatable bonds is 2. The number of carbonyl (C=O) groups is 1. The summed E-state index contributed by atoms with van der Waals surface area (Å²) >= 11 is 11.9. The molecule has 0 atom stereocenters. The maximum Gasteiger partial charge on any atom is 0.323 e. The molecule has 2 aromatic carbocycles. The number of urea groups is 1. The van der Waals surface area contributed by atoms with E-state index < -0.39 is 6.03 Å². The number of carbonyl (C=O) groups excluding carboxylic acids is 1. The Morgan fingerprint density at radius 3 is 2.15 bits per heavy atom. The predicted octanol–water partition coefficient (Wildman–Crippen LogP) is 4.51. The molecule has 2 N–H and O–H groups in total. The number of halogens is 2. The molecule has 0 aliphatic rings. The molecule has 0 saturated heterocycles. The van der Waals surface area contributed by atoms with Gasteiger partial charge in [0.05, 0.1) is 27.4 Å². The summed E-state index contributed by atoms with van der Waals surface area (Å²) in [5.74, 6) is 0. The van der Waals surface area contributed by atoms with Crippen LogP contribution in [0, 0.1) is 11.3 Å². The lowest BCUT2D eigenvalue weighted by Gasteiger charge is -2.10. The summed E-state index contributed by atoms with van der Waals surface area (Å²) in [6.07, 6.45) is 0. The van der Waals surface area contributed by atoms with Crippen molar-refractivity contribution in [3.8, 4) is 6.07 Å². The maximum absolute atomic E-state index is 11.8. The number of benzene rings is 2. The number of amides is 2. The fraction of sp³-hybridized carbons (Fsp3) is 0. The van der Waals surface area contributed by atoms with Crippen molar-refractivity contribution in [1.82, 2.24) is 0 Å². The van der Waals surface area contributed by atoms with Gasteiger partial charge in [-0.05, 0) is 36.4 Å². The number of anilines is 2. The minimum atomic E-state index is -0.468. The molecule has 0 unspecified atom stereocenters. The summed E-state index contributed by atoms with van der Waals surface area (Å²) in [6, 6.07) is 13.0. The minimum Gasteiger partial charge on any atom is -0.308 e. The van der Waals surface area contributed by atoms with Crippen LogP contribution in [0.5, 0.6) is 0 Å². The largest absolute Gasteiger partial charge is 0.323 e. The van der Waals surface area contributed by atoms with Gasteiger partial charge in [0.1, 0.15) is 0 Å². The predicted molar refractivity (Wildman–Crippen MR) is 80.3 cm³/mol. The van der Waals surface area contributed by atoms with Gasteiger partial charge >= 0.3 is 6.03 Å². The van der Waals surface area contributed by atoms with Crippen LogP contribution >= 0.6 is 23.2 Å². The zero-order chi connectivity index (χ0) is 14.5. The first-order chi connectivity index (χ1) is 9.60. The van der Waals surface area contributed by atoms with Gasteiger partial charge in [-0.15, -0.1) is 0 Å². The van der Waals surface area contributed by atoms with Gasteiger partial charge in [0.15, 0.2) is 0 Å². The van der Waals surface area contributed by atoms with Crippen molar-refractivity contribution < 1.29 is 4.79 Å². The van der Waals surface area contributed by atoms with E-state index in [9.17, 15) is 4.79 Å². The van der Waals surface area contributed by atoms with Crippen molar-refractivity contribution in [3.63, 3.8) is 0 Å². The van der Waals surface area contributed by atoms with Gasteiger partial charge in [-0.2, -0.15) is 5.26 Å². The Bertz CT molecular complexity index is 658. The van der Waals surface area contributed by atoms with E-state index in [1.807, 2.05) is 6.07 Å². The number of para-hydroxylation sites is 1. The molecule has 2 amide bonds. The van der Waals surface area contributed by atoms with Crippen LogP contribution in [-0.4, -0.2) is 6.03 Å². The standard InChI is InChI=1S/C14H9Cl2N3O/c15-11-2-1-3-12(16)13(11)19-14(20)18-10-6-4-9(8-17)5-7-10/h1-7H,(H2,18,19,20). The van der Waals surface area contributed by atoms with Crippen LogP contribution in [-0.2, 0) is 0 Å². The fourth-order valence-electron chi connectivity index (χ4n) is 1.52. The molecule has 0 aliphatic carbocycles. The third-order valence-electron chi connectivity index (χ3n) is 2.47. The van der Waals surface area contributed by atoms with E-state index in [1.54, 1.807) is 42.5 Å². The van der Waals surface area contributed by atoms with Gasteiger partial charge in [0, 0.05) is 5.69 Å². The number of nitrogens with one attached hydrogen (secondary N) is 2. The molecule has 0 bridgehead atoms.